The zero-order valence-corrected chi connectivity index (χ0v) is 12.5. The second kappa shape index (κ2) is 6.46. The minimum absolute atomic E-state index is 0.00840. The van der Waals surface area contributed by atoms with Gasteiger partial charge in [-0.3, -0.25) is 9.59 Å². The Labute approximate surface area is 127 Å². The number of rotatable bonds is 5. The van der Waals surface area contributed by atoms with Crippen molar-refractivity contribution in [3.8, 4) is 0 Å². The van der Waals surface area contributed by atoms with Crippen LogP contribution in [0.2, 0.25) is 10.0 Å². The summed E-state index contributed by atoms with van der Waals surface area (Å²) in [5.41, 5.74) is 0.762. The van der Waals surface area contributed by atoms with E-state index in [1.54, 1.807) is 25.1 Å². The fraction of sp³-hybridized carbons (Fsp3) is 0.429. The van der Waals surface area contributed by atoms with Crippen molar-refractivity contribution < 1.29 is 14.3 Å². The maximum absolute atomic E-state index is 11.7. The van der Waals surface area contributed by atoms with E-state index >= 15 is 0 Å². The van der Waals surface area contributed by atoms with Crippen LogP contribution in [0, 0.1) is 5.92 Å². The van der Waals surface area contributed by atoms with E-state index in [1.165, 1.54) is 0 Å². The summed E-state index contributed by atoms with van der Waals surface area (Å²) in [5, 5.41) is 3.75. The van der Waals surface area contributed by atoms with E-state index in [-0.39, 0.29) is 30.4 Å². The number of benzene rings is 1. The Morgan fingerprint density at radius 3 is 2.70 bits per heavy atom. The molecular formula is C14H15Cl2NO3. The van der Waals surface area contributed by atoms with Crippen LogP contribution >= 0.6 is 23.2 Å². The topological polar surface area (TPSA) is 55.4 Å². The van der Waals surface area contributed by atoms with E-state index in [9.17, 15) is 9.59 Å². The Morgan fingerprint density at radius 1 is 1.40 bits per heavy atom. The predicted molar refractivity (Wildman–Crippen MR) is 76.7 cm³/mol. The Balaban J connectivity index is 1.84. The second-order valence-corrected chi connectivity index (χ2v) is 5.68. The van der Waals surface area contributed by atoms with Crippen LogP contribution in [0.15, 0.2) is 18.2 Å². The van der Waals surface area contributed by atoms with Crippen molar-refractivity contribution in [2.75, 3.05) is 6.61 Å². The van der Waals surface area contributed by atoms with Crippen molar-refractivity contribution in [1.82, 2.24) is 5.32 Å². The van der Waals surface area contributed by atoms with Crippen molar-refractivity contribution in [3.63, 3.8) is 0 Å². The molecule has 0 aromatic heterocycles. The molecule has 1 saturated carbocycles. The van der Waals surface area contributed by atoms with Crippen molar-refractivity contribution >= 4 is 35.1 Å². The first-order valence-electron chi connectivity index (χ1n) is 6.38. The summed E-state index contributed by atoms with van der Waals surface area (Å²) in [4.78, 5) is 23.0. The van der Waals surface area contributed by atoms with E-state index in [1.807, 2.05) is 0 Å². The molecule has 0 aliphatic heterocycles. The summed E-state index contributed by atoms with van der Waals surface area (Å²) in [5.74, 6) is -0.652. The summed E-state index contributed by atoms with van der Waals surface area (Å²) in [6.45, 7) is 1.54. The first-order chi connectivity index (χ1) is 9.47. The number of carbonyl (C=O) groups excluding carboxylic acids is 2. The molecule has 108 valence electrons. The average molecular weight is 316 g/mol. The van der Waals surface area contributed by atoms with Gasteiger partial charge >= 0.3 is 5.97 Å². The van der Waals surface area contributed by atoms with Gasteiger partial charge in [-0.2, -0.15) is 0 Å². The number of nitrogens with one attached hydrogen (secondary N) is 1. The van der Waals surface area contributed by atoms with Gasteiger partial charge in [0.25, 0.3) is 5.91 Å². The predicted octanol–water partition coefficient (Wildman–Crippen LogP) is 3.12. The molecule has 1 atom stereocenters. The molecule has 1 aromatic carbocycles. The third-order valence-corrected chi connectivity index (χ3v) is 3.63. The zero-order valence-electron chi connectivity index (χ0n) is 11.0. The van der Waals surface area contributed by atoms with Crippen molar-refractivity contribution in [2.45, 2.75) is 25.8 Å². The highest BCUT2D eigenvalue weighted by atomic mass is 35.5. The quantitative estimate of drug-likeness (QED) is 0.849. The largest absolute Gasteiger partial charge is 0.455 e. The molecule has 1 aromatic rings. The molecule has 1 aliphatic carbocycles. The molecular weight excluding hydrogens is 301 g/mol. The number of halogens is 2. The molecule has 0 heterocycles. The lowest BCUT2D eigenvalue weighted by Gasteiger charge is -2.16. The normalized spacial score (nSPS) is 15.6. The Morgan fingerprint density at radius 2 is 2.10 bits per heavy atom. The third-order valence-electron chi connectivity index (χ3n) is 3.06. The second-order valence-electron chi connectivity index (χ2n) is 4.84. The van der Waals surface area contributed by atoms with E-state index in [2.05, 4.69) is 5.32 Å². The SMILES string of the molecule is C[C@@H](NC(=O)COC(=O)C1CC1)c1ccc(Cl)cc1Cl. The minimum Gasteiger partial charge on any atom is -0.455 e. The standard InChI is InChI=1S/C14H15Cl2NO3/c1-8(11-5-4-10(15)6-12(11)16)17-13(18)7-20-14(19)9-2-3-9/h4-6,8-9H,2-3,7H2,1H3,(H,17,18)/t8-/m1/s1. The molecule has 1 amide bonds. The summed E-state index contributed by atoms with van der Waals surface area (Å²) < 4.78 is 4.91. The third kappa shape index (κ3) is 4.12. The smallest absolute Gasteiger partial charge is 0.309 e. The molecule has 2 rings (SSSR count). The molecule has 6 heteroatoms. The summed E-state index contributed by atoms with van der Waals surface area (Å²) in [6.07, 6.45) is 1.72. The lowest BCUT2D eigenvalue weighted by atomic mass is 10.1. The van der Waals surface area contributed by atoms with Crippen LogP contribution in [0.4, 0.5) is 0 Å². The van der Waals surface area contributed by atoms with Gasteiger partial charge in [-0.15, -0.1) is 0 Å². The molecule has 0 unspecified atom stereocenters. The van der Waals surface area contributed by atoms with Crippen LogP contribution in [0.5, 0.6) is 0 Å². The van der Waals surface area contributed by atoms with Crippen LogP contribution in [-0.4, -0.2) is 18.5 Å². The fourth-order valence-electron chi connectivity index (χ4n) is 1.79. The van der Waals surface area contributed by atoms with Gasteiger partial charge in [0.2, 0.25) is 0 Å². The van der Waals surface area contributed by atoms with E-state index in [4.69, 9.17) is 27.9 Å². The highest BCUT2D eigenvalue weighted by Gasteiger charge is 2.31. The number of ether oxygens (including phenoxy) is 1. The zero-order chi connectivity index (χ0) is 14.7. The van der Waals surface area contributed by atoms with Crippen molar-refractivity contribution in [2.24, 2.45) is 5.92 Å². The molecule has 4 nitrogen and oxygen atoms in total. The first-order valence-corrected chi connectivity index (χ1v) is 7.14. The van der Waals surface area contributed by atoms with Gasteiger partial charge in [0.15, 0.2) is 6.61 Å². The lowest BCUT2D eigenvalue weighted by Crippen LogP contribution is -2.31. The Bertz CT molecular complexity index is 529. The van der Waals surface area contributed by atoms with Gasteiger partial charge in [-0.1, -0.05) is 29.3 Å². The average Bonchev–Trinajstić information content (AvgIpc) is 3.19. The van der Waals surface area contributed by atoms with Gasteiger partial charge in [-0.25, -0.2) is 0 Å². The van der Waals surface area contributed by atoms with Crippen molar-refractivity contribution in [1.29, 1.82) is 0 Å². The van der Waals surface area contributed by atoms with Gasteiger partial charge in [0.1, 0.15) is 0 Å². The molecule has 0 bridgehead atoms. The van der Waals surface area contributed by atoms with Crippen molar-refractivity contribution in [3.05, 3.63) is 33.8 Å². The molecule has 1 fully saturated rings. The maximum Gasteiger partial charge on any atom is 0.309 e. The van der Waals surface area contributed by atoms with Gasteiger partial charge in [-0.05, 0) is 37.5 Å². The number of hydrogen-bond acceptors (Lipinski definition) is 3. The minimum atomic E-state index is -0.350. The summed E-state index contributed by atoms with van der Waals surface area (Å²) >= 11 is 11.9. The monoisotopic (exact) mass is 315 g/mol. The van der Waals surface area contributed by atoms with E-state index < -0.39 is 0 Å². The highest BCUT2D eigenvalue weighted by Crippen LogP contribution is 2.30. The number of carbonyl (C=O) groups is 2. The van der Waals surface area contributed by atoms with Crippen LogP contribution in [-0.2, 0) is 14.3 Å². The molecule has 0 radical (unpaired) electrons. The van der Waals surface area contributed by atoms with E-state index in [0.717, 1.165) is 18.4 Å². The Kier molecular flexibility index (Phi) is 4.89. The molecule has 1 N–H and O–H groups in total. The summed E-state index contributed by atoms with van der Waals surface area (Å²) in [7, 11) is 0. The van der Waals surface area contributed by atoms with Gasteiger partial charge in [0, 0.05) is 10.0 Å². The van der Waals surface area contributed by atoms with Crippen LogP contribution < -0.4 is 5.32 Å². The fourth-order valence-corrected chi connectivity index (χ4v) is 2.36. The van der Waals surface area contributed by atoms with Gasteiger partial charge < -0.3 is 10.1 Å². The lowest BCUT2D eigenvalue weighted by molar-refractivity contribution is -0.150. The highest BCUT2D eigenvalue weighted by molar-refractivity contribution is 6.35. The maximum atomic E-state index is 11.7. The molecule has 1 aliphatic rings. The number of amides is 1. The Hall–Kier alpha value is -1.26. The molecule has 0 saturated heterocycles. The summed E-state index contributed by atoms with van der Waals surface area (Å²) in [6, 6.07) is 4.80. The number of hydrogen-bond donors (Lipinski definition) is 1. The first kappa shape index (κ1) is 15.1. The van der Waals surface area contributed by atoms with Crippen LogP contribution in [0.25, 0.3) is 0 Å². The number of esters is 1. The van der Waals surface area contributed by atoms with Crippen LogP contribution in [0.1, 0.15) is 31.4 Å². The molecule has 0 spiro atoms. The van der Waals surface area contributed by atoms with Crippen LogP contribution in [0.3, 0.4) is 0 Å². The molecule has 20 heavy (non-hydrogen) atoms. The van der Waals surface area contributed by atoms with E-state index in [0.29, 0.717) is 10.0 Å². The van der Waals surface area contributed by atoms with Gasteiger partial charge in [0.05, 0.1) is 12.0 Å².